The minimum atomic E-state index is -4.14. The number of carboxylic acid groups (broad SMARTS) is 1. The summed E-state index contributed by atoms with van der Waals surface area (Å²) in [6, 6.07) is 3.07. The lowest BCUT2D eigenvalue weighted by Crippen LogP contribution is -2.47. The van der Waals surface area contributed by atoms with Crippen LogP contribution in [0.3, 0.4) is 0 Å². The van der Waals surface area contributed by atoms with Crippen LogP contribution in [-0.2, 0) is 19.6 Å². The summed E-state index contributed by atoms with van der Waals surface area (Å²) in [7, 11) is -2.95. The van der Waals surface area contributed by atoms with Crippen molar-refractivity contribution in [2.24, 2.45) is 0 Å². The monoisotopic (exact) mass is 317 g/mol. The Hall–Kier alpha value is -1.97. The molecule has 3 N–H and O–H groups in total. The van der Waals surface area contributed by atoms with Gasteiger partial charge in [0.15, 0.2) is 0 Å². The molecular weight excluding hydrogens is 302 g/mol. The zero-order chi connectivity index (χ0) is 16.2. The molecule has 0 aliphatic carbocycles. The van der Waals surface area contributed by atoms with E-state index in [1.165, 1.54) is 19.2 Å². The van der Waals surface area contributed by atoms with Gasteiger partial charge >= 0.3 is 11.9 Å². The standard InChI is InChI=1S/C12H15NO7S/c1-7(14)10(11(15)16)13-21(18,19)9-5-3-8(4-6-9)12(17)20-2/h3-7,10,13-14H,1-2H3,(H,15,16)/t7-,10+/m1/s1. The first-order valence-electron chi connectivity index (χ1n) is 5.80. The molecule has 1 rings (SSSR count). The highest BCUT2D eigenvalue weighted by Crippen LogP contribution is 2.12. The Morgan fingerprint density at radius 2 is 1.76 bits per heavy atom. The molecule has 2 atom stereocenters. The summed E-state index contributed by atoms with van der Waals surface area (Å²) in [6.45, 7) is 1.15. The summed E-state index contributed by atoms with van der Waals surface area (Å²) >= 11 is 0. The number of aliphatic hydroxyl groups is 1. The number of hydrogen-bond donors (Lipinski definition) is 3. The highest BCUT2D eigenvalue weighted by Gasteiger charge is 2.29. The molecule has 0 spiro atoms. The minimum Gasteiger partial charge on any atom is -0.480 e. The molecule has 0 saturated carbocycles. The molecule has 21 heavy (non-hydrogen) atoms. The van der Waals surface area contributed by atoms with Gasteiger partial charge in [-0.1, -0.05) is 0 Å². The molecule has 0 saturated heterocycles. The van der Waals surface area contributed by atoms with Gasteiger partial charge in [-0.05, 0) is 31.2 Å². The fourth-order valence-corrected chi connectivity index (χ4v) is 2.74. The molecule has 0 aromatic heterocycles. The molecule has 0 heterocycles. The maximum atomic E-state index is 12.0. The number of esters is 1. The number of ether oxygens (including phenoxy) is 1. The molecule has 0 radical (unpaired) electrons. The maximum Gasteiger partial charge on any atom is 0.337 e. The normalized spacial score (nSPS) is 14.2. The van der Waals surface area contributed by atoms with Crippen molar-refractivity contribution in [3.63, 3.8) is 0 Å². The van der Waals surface area contributed by atoms with Crippen LogP contribution in [0.25, 0.3) is 0 Å². The Labute approximate surface area is 121 Å². The molecule has 1 aromatic rings. The second-order valence-electron chi connectivity index (χ2n) is 4.19. The highest BCUT2D eigenvalue weighted by molar-refractivity contribution is 7.89. The number of carbonyl (C=O) groups is 2. The lowest BCUT2D eigenvalue weighted by atomic mass is 10.2. The van der Waals surface area contributed by atoms with Crippen LogP contribution >= 0.6 is 0 Å². The second kappa shape index (κ2) is 6.66. The van der Waals surface area contributed by atoms with Crippen molar-refractivity contribution in [2.45, 2.75) is 24.0 Å². The van der Waals surface area contributed by atoms with Gasteiger partial charge in [-0.25, -0.2) is 13.2 Å². The third kappa shape index (κ3) is 4.25. The Morgan fingerprint density at radius 1 is 1.24 bits per heavy atom. The summed E-state index contributed by atoms with van der Waals surface area (Å²) < 4.78 is 30.4. The fourth-order valence-electron chi connectivity index (χ4n) is 1.48. The molecule has 0 aliphatic heterocycles. The van der Waals surface area contributed by atoms with Gasteiger partial charge in [0.2, 0.25) is 10.0 Å². The quantitative estimate of drug-likeness (QED) is 0.608. The van der Waals surface area contributed by atoms with E-state index in [0.717, 1.165) is 19.1 Å². The number of sulfonamides is 1. The number of carbonyl (C=O) groups excluding carboxylic acids is 1. The molecule has 0 unspecified atom stereocenters. The molecular formula is C12H15NO7S. The number of nitrogens with one attached hydrogen (secondary N) is 1. The van der Waals surface area contributed by atoms with E-state index in [0.29, 0.717) is 0 Å². The van der Waals surface area contributed by atoms with Gasteiger partial charge in [0, 0.05) is 0 Å². The third-order valence-electron chi connectivity index (χ3n) is 2.62. The Bertz CT molecular complexity index is 622. The number of hydrogen-bond acceptors (Lipinski definition) is 6. The average Bonchev–Trinajstić information content (AvgIpc) is 2.43. The van der Waals surface area contributed by atoms with Gasteiger partial charge in [-0.2, -0.15) is 4.72 Å². The van der Waals surface area contributed by atoms with Gasteiger partial charge in [0.1, 0.15) is 6.04 Å². The van der Waals surface area contributed by atoms with E-state index in [4.69, 9.17) is 5.11 Å². The van der Waals surface area contributed by atoms with Crippen molar-refractivity contribution in [3.05, 3.63) is 29.8 Å². The number of methoxy groups -OCH3 is 1. The van der Waals surface area contributed by atoms with Crippen molar-refractivity contribution in [1.82, 2.24) is 4.72 Å². The first-order valence-corrected chi connectivity index (χ1v) is 7.29. The number of aliphatic carboxylic acids is 1. The van der Waals surface area contributed by atoms with Crippen LogP contribution in [0, 0.1) is 0 Å². The summed E-state index contributed by atoms with van der Waals surface area (Å²) in [5, 5.41) is 18.1. The lowest BCUT2D eigenvalue weighted by Gasteiger charge is -2.17. The molecule has 9 heteroatoms. The van der Waals surface area contributed by atoms with E-state index in [1.807, 2.05) is 4.72 Å². The number of rotatable bonds is 6. The van der Waals surface area contributed by atoms with E-state index in [2.05, 4.69) is 4.74 Å². The van der Waals surface area contributed by atoms with Gasteiger partial charge in [0.05, 0.1) is 23.7 Å². The average molecular weight is 317 g/mol. The van der Waals surface area contributed by atoms with Crippen molar-refractivity contribution < 1.29 is 33.0 Å². The summed E-state index contributed by atoms with van der Waals surface area (Å²) in [4.78, 5) is 21.9. The van der Waals surface area contributed by atoms with Crippen LogP contribution in [0.2, 0.25) is 0 Å². The molecule has 1 aromatic carbocycles. The van der Waals surface area contributed by atoms with Crippen LogP contribution in [0.1, 0.15) is 17.3 Å². The molecule has 116 valence electrons. The predicted octanol–water partition coefficient (Wildman–Crippen LogP) is -0.414. The van der Waals surface area contributed by atoms with Crippen LogP contribution in [0.5, 0.6) is 0 Å². The SMILES string of the molecule is COC(=O)c1ccc(S(=O)(=O)N[C@H](C(=O)O)[C@@H](C)O)cc1. The first kappa shape index (κ1) is 17.1. The summed E-state index contributed by atoms with van der Waals surface area (Å²) in [5.74, 6) is -2.13. The Kier molecular flexibility index (Phi) is 5.41. The Morgan fingerprint density at radius 3 is 2.14 bits per heavy atom. The van der Waals surface area contributed by atoms with Crippen LogP contribution in [-0.4, -0.2) is 49.8 Å². The van der Waals surface area contributed by atoms with Crippen molar-refractivity contribution >= 4 is 22.0 Å². The van der Waals surface area contributed by atoms with E-state index in [1.54, 1.807) is 0 Å². The molecule has 8 nitrogen and oxygen atoms in total. The van der Waals surface area contributed by atoms with E-state index >= 15 is 0 Å². The largest absolute Gasteiger partial charge is 0.480 e. The van der Waals surface area contributed by atoms with Crippen LogP contribution in [0.15, 0.2) is 29.2 Å². The highest BCUT2D eigenvalue weighted by atomic mass is 32.2. The van der Waals surface area contributed by atoms with Gasteiger partial charge in [0.25, 0.3) is 0 Å². The van der Waals surface area contributed by atoms with Crippen LogP contribution < -0.4 is 4.72 Å². The molecule has 0 bridgehead atoms. The van der Waals surface area contributed by atoms with Crippen molar-refractivity contribution in [2.75, 3.05) is 7.11 Å². The van der Waals surface area contributed by atoms with Gasteiger partial charge in [-0.3, -0.25) is 4.79 Å². The first-order chi connectivity index (χ1) is 9.69. The summed E-state index contributed by atoms with van der Waals surface area (Å²) in [6.07, 6.45) is -1.41. The fraction of sp³-hybridized carbons (Fsp3) is 0.333. The Balaban J connectivity index is 3.03. The van der Waals surface area contributed by atoms with Crippen LogP contribution in [0.4, 0.5) is 0 Å². The molecule has 0 amide bonds. The number of benzene rings is 1. The van der Waals surface area contributed by atoms with E-state index < -0.39 is 34.1 Å². The zero-order valence-corrected chi connectivity index (χ0v) is 12.1. The molecule has 0 aliphatic rings. The smallest absolute Gasteiger partial charge is 0.337 e. The second-order valence-corrected chi connectivity index (χ2v) is 5.91. The summed E-state index contributed by atoms with van der Waals surface area (Å²) in [5.41, 5.74) is 0.154. The van der Waals surface area contributed by atoms with E-state index in [-0.39, 0.29) is 10.5 Å². The maximum absolute atomic E-state index is 12.0. The number of aliphatic hydroxyl groups excluding tert-OH is 1. The minimum absolute atomic E-state index is 0.154. The number of carboxylic acids is 1. The topological polar surface area (TPSA) is 130 Å². The van der Waals surface area contributed by atoms with Gasteiger partial charge < -0.3 is 14.9 Å². The van der Waals surface area contributed by atoms with Crippen molar-refractivity contribution in [1.29, 1.82) is 0 Å². The third-order valence-corrected chi connectivity index (χ3v) is 4.07. The van der Waals surface area contributed by atoms with Crippen molar-refractivity contribution in [3.8, 4) is 0 Å². The lowest BCUT2D eigenvalue weighted by molar-refractivity contribution is -0.141. The van der Waals surface area contributed by atoms with E-state index in [9.17, 15) is 23.1 Å². The zero-order valence-electron chi connectivity index (χ0n) is 11.3. The van der Waals surface area contributed by atoms with Gasteiger partial charge in [-0.15, -0.1) is 0 Å². The molecule has 0 fully saturated rings. The predicted molar refractivity (Wildman–Crippen MR) is 71.2 cm³/mol.